The number of nitrogens with zero attached hydrogens (tertiary/aromatic N) is 2. The van der Waals surface area contributed by atoms with Crippen molar-refractivity contribution >= 4 is 11.7 Å². The van der Waals surface area contributed by atoms with Crippen LogP contribution in [-0.2, 0) is 23.8 Å². The van der Waals surface area contributed by atoms with Crippen LogP contribution in [-0.4, -0.2) is 22.8 Å². The average molecular weight is 300 g/mol. The van der Waals surface area contributed by atoms with Crippen molar-refractivity contribution in [1.29, 1.82) is 0 Å². The Labute approximate surface area is 129 Å². The van der Waals surface area contributed by atoms with E-state index in [9.17, 15) is 4.79 Å². The number of hydrogen-bond acceptors (Lipinski definition) is 4. The number of aryl methyl sites for hydroxylation is 2. The largest absolute Gasteiger partial charge is 0.496 e. The zero-order valence-electron chi connectivity index (χ0n) is 13.0. The first-order valence-electron chi connectivity index (χ1n) is 7.23. The van der Waals surface area contributed by atoms with Crippen molar-refractivity contribution < 1.29 is 9.53 Å². The molecule has 0 aliphatic heterocycles. The quantitative estimate of drug-likeness (QED) is 0.899. The van der Waals surface area contributed by atoms with E-state index >= 15 is 0 Å². The second-order valence-corrected chi connectivity index (χ2v) is 5.71. The third kappa shape index (κ3) is 2.16. The first kappa shape index (κ1) is 14.6. The van der Waals surface area contributed by atoms with Gasteiger partial charge >= 0.3 is 0 Å². The Balaban J connectivity index is 1.91. The van der Waals surface area contributed by atoms with Crippen LogP contribution < -0.4 is 15.8 Å². The number of rotatable bonds is 3. The summed E-state index contributed by atoms with van der Waals surface area (Å²) in [7, 11) is 3.46. The highest BCUT2D eigenvalue weighted by Crippen LogP contribution is 2.40. The van der Waals surface area contributed by atoms with Gasteiger partial charge in [-0.2, -0.15) is 5.10 Å². The standard InChI is InChI=1S/C16H20N4O2/c1-10-9-14(19-20(10)2)18-15(21)16(17)8-7-11-12(16)5-4-6-13(11)22-3/h4-6,9H,7-8,17H2,1-3H3,(H,18,19,21). The monoisotopic (exact) mass is 300 g/mol. The minimum absolute atomic E-state index is 0.238. The average Bonchev–Trinajstić information content (AvgIpc) is 3.00. The Bertz CT molecular complexity index is 718. The lowest BCUT2D eigenvalue weighted by Gasteiger charge is -2.23. The molecule has 0 spiro atoms. The van der Waals surface area contributed by atoms with Crippen molar-refractivity contribution in [2.75, 3.05) is 12.4 Å². The van der Waals surface area contributed by atoms with Crippen LogP contribution in [0.25, 0.3) is 0 Å². The molecule has 6 nitrogen and oxygen atoms in total. The molecule has 0 bridgehead atoms. The van der Waals surface area contributed by atoms with E-state index < -0.39 is 5.54 Å². The summed E-state index contributed by atoms with van der Waals surface area (Å²) in [5.74, 6) is 1.06. The molecule has 1 aliphatic carbocycles. The van der Waals surface area contributed by atoms with Crippen molar-refractivity contribution in [3.8, 4) is 5.75 Å². The predicted molar refractivity (Wildman–Crippen MR) is 83.8 cm³/mol. The lowest BCUT2D eigenvalue weighted by molar-refractivity contribution is -0.121. The van der Waals surface area contributed by atoms with E-state index in [2.05, 4.69) is 10.4 Å². The third-order valence-corrected chi connectivity index (χ3v) is 4.36. The molecule has 0 radical (unpaired) electrons. The van der Waals surface area contributed by atoms with Crippen LogP contribution in [0.4, 0.5) is 5.82 Å². The molecule has 0 saturated carbocycles. The number of carbonyl (C=O) groups is 1. The first-order chi connectivity index (χ1) is 10.5. The number of aromatic nitrogens is 2. The van der Waals surface area contributed by atoms with Gasteiger partial charge in [-0.25, -0.2) is 0 Å². The Morgan fingerprint density at radius 1 is 1.50 bits per heavy atom. The van der Waals surface area contributed by atoms with Crippen molar-refractivity contribution in [1.82, 2.24) is 9.78 Å². The van der Waals surface area contributed by atoms with Crippen molar-refractivity contribution in [3.05, 3.63) is 41.1 Å². The fourth-order valence-corrected chi connectivity index (χ4v) is 2.97. The third-order valence-electron chi connectivity index (χ3n) is 4.36. The number of amides is 1. The number of nitrogens with one attached hydrogen (secondary N) is 1. The highest BCUT2D eigenvalue weighted by Gasteiger charge is 2.43. The molecule has 1 amide bonds. The molecule has 1 aromatic heterocycles. The smallest absolute Gasteiger partial charge is 0.250 e. The summed E-state index contributed by atoms with van der Waals surface area (Å²) in [5, 5.41) is 7.07. The van der Waals surface area contributed by atoms with Crippen molar-refractivity contribution in [3.63, 3.8) is 0 Å². The Morgan fingerprint density at radius 2 is 2.27 bits per heavy atom. The summed E-state index contributed by atoms with van der Waals surface area (Å²) >= 11 is 0. The number of hydrogen-bond donors (Lipinski definition) is 2. The molecule has 0 fully saturated rings. The lowest BCUT2D eigenvalue weighted by Crippen LogP contribution is -2.46. The van der Waals surface area contributed by atoms with E-state index in [1.807, 2.05) is 38.2 Å². The second-order valence-electron chi connectivity index (χ2n) is 5.71. The highest BCUT2D eigenvalue weighted by atomic mass is 16.5. The number of carbonyl (C=O) groups excluding carboxylic acids is 1. The van der Waals surface area contributed by atoms with Gasteiger partial charge in [0.05, 0.1) is 7.11 Å². The molecule has 3 rings (SSSR count). The van der Waals surface area contributed by atoms with Crippen LogP contribution in [0.5, 0.6) is 5.75 Å². The fraction of sp³-hybridized carbons (Fsp3) is 0.375. The van der Waals surface area contributed by atoms with Gasteiger partial charge in [-0.1, -0.05) is 12.1 Å². The fourth-order valence-electron chi connectivity index (χ4n) is 2.97. The summed E-state index contributed by atoms with van der Waals surface area (Å²) in [6, 6.07) is 7.48. The molecule has 1 atom stereocenters. The maximum Gasteiger partial charge on any atom is 0.250 e. The van der Waals surface area contributed by atoms with E-state index in [0.29, 0.717) is 12.2 Å². The summed E-state index contributed by atoms with van der Waals surface area (Å²) < 4.78 is 7.08. The topological polar surface area (TPSA) is 82.2 Å². The van der Waals surface area contributed by atoms with E-state index in [0.717, 1.165) is 29.0 Å². The van der Waals surface area contributed by atoms with E-state index in [1.165, 1.54) is 0 Å². The van der Waals surface area contributed by atoms with E-state index in [-0.39, 0.29) is 5.91 Å². The molecule has 2 aromatic rings. The molecule has 1 aliphatic rings. The number of benzene rings is 1. The van der Waals surface area contributed by atoms with Gasteiger partial charge < -0.3 is 15.8 Å². The molecular formula is C16H20N4O2. The van der Waals surface area contributed by atoms with Crippen LogP contribution in [0.15, 0.2) is 24.3 Å². The van der Waals surface area contributed by atoms with Gasteiger partial charge in [0.2, 0.25) is 5.91 Å². The Hall–Kier alpha value is -2.34. The number of ether oxygens (including phenoxy) is 1. The summed E-state index contributed by atoms with van der Waals surface area (Å²) in [6.45, 7) is 1.93. The molecule has 1 unspecified atom stereocenters. The molecule has 1 aromatic carbocycles. The highest BCUT2D eigenvalue weighted by molar-refractivity contribution is 5.99. The van der Waals surface area contributed by atoms with E-state index in [4.69, 9.17) is 10.5 Å². The minimum Gasteiger partial charge on any atom is -0.496 e. The summed E-state index contributed by atoms with van der Waals surface area (Å²) in [6.07, 6.45) is 1.28. The van der Waals surface area contributed by atoms with Gasteiger partial charge in [-0.3, -0.25) is 9.48 Å². The molecule has 116 valence electrons. The number of methoxy groups -OCH3 is 1. The number of fused-ring (bicyclic) bond motifs is 1. The van der Waals surface area contributed by atoms with Crippen LogP contribution in [0, 0.1) is 6.92 Å². The maximum absolute atomic E-state index is 12.7. The summed E-state index contributed by atoms with van der Waals surface area (Å²) in [4.78, 5) is 12.7. The predicted octanol–water partition coefficient (Wildman–Crippen LogP) is 1.48. The normalized spacial score (nSPS) is 19.8. The Morgan fingerprint density at radius 3 is 2.91 bits per heavy atom. The van der Waals surface area contributed by atoms with Crippen molar-refractivity contribution in [2.24, 2.45) is 12.8 Å². The first-order valence-corrected chi connectivity index (χ1v) is 7.23. The van der Waals surface area contributed by atoms with Crippen LogP contribution in [0.2, 0.25) is 0 Å². The van der Waals surface area contributed by atoms with Crippen LogP contribution >= 0.6 is 0 Å². The van der Waals surface area contributed by atoms with Gasteiger partial charge in [-0.05, 0) is 37.0 Å². The number of nitrogens with two attached hydrogens (primary N) is 1. The maximum atomic E-state index is 12.7. The van der Waals surface area contributed by atoms with Gasteiger partial charge in [0, 0.05) is 18.8 Å². The zero-order chi connectivity index (χ0) is 15.9. The molecule has 6 heteroatoms. The van der Waals surface area contributed by atoms with Gasteiger partial charge in [0.25, 0.3) is 0 Å². The van der Waals surface area contributed by atoms with Crippen molar-refractivity contribution in [2.45, 2.75) is 25.3 Å². The minimum atomic E-state index is -1.05. The van der Waals surface area contributed by atoms with Crippen LogP contribution in [0.1, 0.15) is 23.2 Å². The number of anilines is 1. The molecule has 22 heavy (non-hydrogen) atoms. The Kier molecular flexibility index (Phi) is 3.41. The van der Waals surface area contributed by atoms with Crippen LogP contribution in [0.3, 0.4) is 0 Å². The van der Waals surface area contributed by atoms with Gasteiger partial charge in [0.15, 0.2) is 5.82 Å². The zero-order valence-corrected chi connectivity index (χ0v) is 13.0. The molecule has 0 saturated heterocycles. The lowest BCUT2D eigenvalue weighted by atomic mass is 9.92. The molecule has 1 heterocycles. The summed E-state index contributed by atoms with van der Waals surface area (Å²) in [5.41, 5.74) is 8.19. The van der Waals surface area contributed by atoms with E-state index in [1.54, 1.807) is 11.8 Å². The van der Waals surface area contributed by atoms with Gasteiger partial charge in [-0.15, -0.1) is 0 Å². The SMILES string of the molecule is COc1cccc2c1CCC2(N)C(=O)Nc1cc(C)n(C)n1. The second kappa shape index (κ2) is 5.14. The molecule has 3 N–H and O–H groups in total. The van der Waals surface area contributed by atoms with Gasteiger partial charge in [0.1, 0.15) is 11.3 Å². The molecular weight excluding hydrogens is 280 g/mol.